The summed E-state index contributed by atoms with van der Waals surface area (Å²) < 4.78 is 4.31. The van der Waals surface area contributed by atoms with E-state index in [-0.39, 0.29) is 24.0 Å². The number of hydrogen-bond acceptors (Lipinski definition) is 0. The van der Waals surface area contributed by atoms with E-state index in [2.05, 4.69) is 41.8 Å². The van der Waals surface area contributed by atoms with Crippen molar-refractivity contribution in [2.75, 3.05) is 0 Å². The van der Waals surface area contributed by atoms with E-state index in [0.29, 0.717) is 0 Å². The molecule has 0 aromatic carbocycles. The first-order chi connectivity index (χ1) is 5.33. The maximum Gasteiger partial charge on any atom is 0.243 e. The van der Waals surface area contributed by atoms with Crippen LogP contribution < -0.4 is 28.5 Å². The summed E-state index contributed by atoms with van der Waals surface area (Å²) in [5.74, 6) is 0. The minimum atomic E-state index is 0. The first kappa shape index (κ1) is 11.9. The molecule has 0 atom stereocenters. The lowest BCUT2D eigenvalue weighted by Gasteiger charge is -1.93. The number of imidazole rings is 1. The van der Waals surface area contributed by atoms with Crippen molar-refractivity contribution in [3.8, 4) is 0 Å². The Hall–Kier alpha value is -0.0600. The summed E-state index contributed by atoms with van der Waals surface area (Å²) in [6.07, 6.45) is 10.2. The molecule has 3 heteroatoms. The monoisotopic (exact) mass is 282 g/mol. The summed E-state index contributed by atoms with van der Waals surface area (Å²) in [5, 5.41) is 0. The Kier molecular flexibility index (Phi) is 6.42. The molecule has 1 rings (SSSR count). The van der Waals surface area contributed by atoms with Gasteiger partial charge >= 0.3 is 0 Å². The second kappa shape index (κ2) is 6.46. The maximum absolute atomic E-state index is 2.23. The van der Waals surface area contributed by atoms with E-state index < -0.39 is 0 Å². The third kappa shape index (κ3) is 4.09. The quantitative estimate of drug-likeness (QED) is 0.342. The van der Waals surface area contributed by atoms with Gasteiger partial charge in [-0.05, 0) is 12.8 Å². The number of aromatic nitrogens is 2. The van der Waals surface area contributed by atoms with Gasteiger partial charge < -0.3 is 0 Å². The number of nitrogens with zero attached hydrogens (tertiary/aromatic N) is 2. The molecule has 0 saturated carbocycles. The molecule has 0 aliphatic heterocycles. The molecule has 0 N–H and O–H groups in total. The Labute approximate surface area is 91.6 Å². The normalized spacial score (nSPS) is 9.50. The molecule has 70 valence electrons. The van der Waals surface area contributed by atoms with Crippen LogP contribution in [0.1, 0.15) is 26.2 Å². The molecule has 0 amide bonds. The van der Waals surface area contributed by atoms with Crippen LogP contribution in [0.15, 0.2) is 18.7 Å². The minimum absolute atomic E-state index is 0. The Morgan fingerprint density at radius 2 is 2.08 bits per heavy atom. The molecule has 0 radical (unpaired) electrons. The van der Waals surface area contributed by atoms with Crippen LogP contribution in [0.4, 0.5) is 0 Å². The van der Waals surface area contributed by atoms with E-state index in [4.69, 9.17) is 0 Å². The minimum Gasteiger partial charge on any atom is -0.240 e. The van der Waals surface area contributed by atoms with E-state index in [1.165, 1.54) is 19.3 Å². The smallest absolute Gasteiger partial charge is 0.240 e. The van der Waals surface area contributed by atoms with Crippen LogP contribution in [-0.4, -0.2) is 4.57 Å². The average Bonchev–Trinajstić information content (AvgIpc) is 2.37. The highest BCUT2D eigenvalue weighted by molar-refractivity contribution is 4.65. The van der Waals surface area contributed by atoms with E-state index in [1.807, 2.05) is 0 Å². The first-order valence-corrected chi connectivity index (χ1v) is 4.34. The van der Waals surface area contributed by atoms with Gasteiger partial charge in [-0.3, -0.25) is 0 Å². The highest BCUT2D eigenvalue weighted by atomic mass is 127. The summed E-state index contributed by atoms with van der Waals surface area (Å²) in [4.78, 5) is 0. The van der Waals surface area contributed by atoms with Gasteiger partial charge in [-0.15, -0.1) is 0 Å². The molecule has 1 heterocycles. The zero-order chi connectivity index (χ0) is 8.10. The van der Waals surface area contributed by atoms with E-state index in [1.54, 1.807) is 0 Å². The topological polar surface area (TPSA) is 8.81 Å². The largest absolute Gasteiger partial charge is 0.243 e. The number of unbranched alkanes of at least 4 members (excludes halogenated alkanes) is 2. The van der Waals surface area contributed by atoms with E-state index in [9.17, 15) is 0 Å². The zero-order valence-electron chi connectivity index (χ0n) is 7.90. The van der Waals surface area contributed by atoms with Gasteiger partial charge in [0.25, 0.3) is 0 Å². The molecular weight excluding hydrogens is 263 g/mol. The van der Waals surface area contributed by atoms with Crippen LogP contribution in [-0.2, 0) is 13.6 Å². The molecule has 0 fully saturated rings. The molecule has 0 spiro atoms. The summed E-state index contributed by atoms with van der Waals surface area (Å²) >= 11 is 0. The number of aryl methyl sites for hydroxylation is 2. The third-order valence-corrected chi connectivity index (χ3v) is 1.84. The molecule has 12 heavy (non-hydrogen) atoms. The summed E-state index contributed by atoms with van der Waals surface area (Å²) in [7, 11) is 2.05. The molecule has 0 unspecified atom stereocenters. The van der Waals surface area contributed by atoms with Gasteiger partial charge in [0.1, 0.15) is 12.4 Å². The van der Waals surface area contributed by atoms with Crippen molar-refractivity contribution < 1.29 is 28.5 Å². The van der Waals surface area contributed by atoms with Crippen molar-refractivity contribution in [2.45, 2.75) is 32.7 Å². The summed E-state index contributed by atoms with van der Waals surface area (Å²) in [5.41, 5.74) is 0. The van der Waals surface area contributed by atoms with Crippen LogP contribution in [0.3, 0.4) is 0 Å². The van der Waals surface area contributed by atoms with Crippen molar-refractivity contribution >= 4 is 0 Å². The van der Waals surface area contributed by atoms with Crippen molar-refractivity contribution in [3.05, 3.63) is 18.7 Å². The molecule has 1 aromatic heterocycles. The summed E-state index contributed by atoms with van der Waals surface area (Å²) in [6.45, 7) is 3.39. The van der Waals surface area contributed by atoms with E-state index in [0.717, 1.165) is 6.54 Å². The fraction of sp³-hybridized carbons (Fsp3) is 0.667. The van der Waals surface area contributed by atoms with Crippen LogP contribution in [0.5, 0.6) is 0 Å². The number of rotatable bonds is 4. The highest BCUT2D eigenvalue weighted by Gasteiger charge is 1.97. The van der Waals surface area contributed by atoms with Gasteiger partial charge in [0, 0.05) is 0 Å². The Morgan fingerprint density at radius 3 is 2.58 bits per heavy atom. The predicted octanol–water partition coefficient (Wildman–Crippen LogP) is -2.03. The van der Waals surface area contributed by atoms with Gasteiger partial charge in [-0.1, -0.05) is 13.3 Å². The SMILES string of the molecule is CCCCCn1cc[n+](C)c1.[IH2+]. The molecule has 0 aliphatic carbocycles. The fourth-order valence-electron chi connectivity index (χ4n) is 1.18. The Balaban J connectivity index is 0.00000121. The van der Waals surface area contributed by atoms with Crippen molar-refractivity contribution in [1.82, 2.24) is 4.57 Å². The van der Waals surface area contributed by atoms with Crippen LogP contribution in [0.2, 0.25) is 0 Å². The van der Waals surface area contributed by atoms with Crippen LogP contribution >= 0.6 is 0 Å². The van der Waals surface area contributed by atoms with Gasteiger partial charge in [0.05, 0.1) is 13.6 Å². The first-order valence-electron chi connectivity index (χ1n) is 4.34. The second-order valence-electron chi connectivity index (χ2n) is 3.02. The molecule has 2 nitrogen and oxygen atoms in total. The standard InChI is InChI=1S/C9H17N2.H2I/c1-3-4-5-6-11-8-7-10(2)9-11;/h7-9H,3-6H2,1-2H3;1H2/q2*+1. The number of hydrogen-bond donors (Lipinski definition) is 0. The van der Waals surface area contributed by atoms with Gasteiger partial charge in [0.15, 0.2) is 0 Å². The summed E-state index contributed by atoms with van der Waals surface area (Å²) in [6, 6.07) is 0. The van der Waals surface area contributed by atoms with Gasteiger partial charge in [-0.25, -0.2) is 9.13 Å². The lowest BCUT2D eigenvalue weighted by Crippen LogP contribution is -3.00. The maximum atomic E-state index is 2.23. The highest BCUT2D eigenvalue weighted by Crippen LogP contribution is 1.96. The lowest BCUT2D eigenvalue weighted by molar-refractivity contribution is -0.671. The lowest BCUT2D eigenvalue weighted by atomic mass is 10.2. The number of halogens is 1. The van der Waals surface area contributed by atoms with Crippen LogP contribution in [0, 0.1) is 0 Å². The fourth-order valence-corrected chi connectivity index (χ4v) is 1.18. The third-order valence-electron chi connectivity index (χ3n) is 1.84. The van der Waals surface area contributed by atoms with Crippen molar-refractivity contribution in [3.63, 3.8) is 0 Å². The molecule has 0 saturated heterocycles. The second-order valence-corrected chi connectivity index (χ2v) is 3.02. The molecular formula is C9H19IN2+2. The van der Waals surface area contributed by atoms with Crippen molar-refractivity contribution in [2.24, 2.45) is 7.05 Å². The van der Waals surface area contributed by atoms with Crippen LogP contribution in [0.25, 0.3) is 0 Å². The molecule has 0 aliphatic rings. The van der Waals surface area contributed by atoms with E-state index >= 15 is 0 Å². The average molecular weight is 282 g/mol. The van der Waals surface area contributed by atoms with Gasteiger partial charge in [0.2, 0.25) is 30.3 Å². The Morgan fingerprint density at radius 1 is 1.33 bits per heavy atom. The zero-order valence-corrected chi connectivity index (χ0v) is 10.5. The molecule has 1 aromatic rings. The molecule has 0 bridgehead atoms. The predicted molar refractivity (Wildman–Crippen MR) is 47.9 cm³/mol. The van der Waals surface area contributed by atoms with Gasteiger partial charge in [-0.2, -0.15) is 0 Å². The Bertz CT molecular complexity index is 208. The van der Waals surface area contributed by atoms with Crippen molar-refractivity contribution in [1.29, 1.82) is 0 Å².